The van der Waals surface area contributed by atoms with E-state index in [1.807, 2.05) is 24.3 Å². The fourth-order valence-electron chi connectivity index (χ4n) is 1.89. The molecular weight excluding hydrogens is 218 g/mol. The van der Waals surface area contributed by atoms with Gasteiger partial charge in [-0.25, -0.2) is 0 Å². The van der Waals surface area contributed by atoms with Crippen LogP contribution in [0, 0.1) is 0 Å². The molecule has 1 aliphatic rings. The number of benzene rings is 1. The zero-order valence-corrected chi connectivity index (χ0v) is 9.65. The molecule has 2 rings (SSSR count). The molecule has 0 atom stereocenters. The molecule has 17 heavy (non-hydrogen) atoms. The van der Waals surface area contributed by atoms with Crippen LogP contribution in [0.2, 0.25) is 0 Å². The summed E-state index contributed by atoms with van der Waals surface area (Å²) in [6.07, 6.45) is 2.03. The smallest absolute Gasteiger partial charge is 0.307 e. The van der Waals surface area contributed by atoms with Gasteiger partial charge < -0.3 is 15.5 Å². The Morgan fingerprint density at radius 3 is 2.47 bits per heavy atom. The molecule has 1 aromatic carbocycles. The van der Waals surface area contributed by atoms with E-state index in [-0.39, 0.29) is 18.6 Å². The van der Waals surface area contributed by atoms with Gasteiger partial charge in [0.15, 0.2) is 0 Å². The maximum absolute atomic E-state index is 10.7. The zero-order chi connectivity index (χ0) is 12.3. The first kappa shape index (κ1) is 12.1. The number of aliphatic hydroxyl groups is 1. The van der Waals surface area contributed by atoms with Gasteiger partial charge >= 0.3 is 5.97 Å². The van der Waals surface area contributed by atoms with Crippen molar-refractivity contribution in [1.29, 1.82) is 0 Å². The first-order chi connectivity index (χ1) is 8.15. The van der Waals surface area contributed by atoms with Crippen molar-refractivity contribution in [1.82, 2.24) is 5.32 Å². The van der Waals surface area contributed by atoms with E-state index in [0.29, 0.717) is 6.54 Å². The molecule has 4 heteroatoms. The summed E-state index contributed by atoms with van der Waals surface area (Å²) in [6, 6.07) is 7.52. The number of hydrogen-bond donors (Lipinski definition) is 3. The molecule has 1 fully saturated rings. The zero-order valence-electron chi connectivity index (χ0n) is 9.65. The minimum Gasteiger partial charge on any atom is -0.481 e. The van der Waals surface area contributed by atoms with Gasteiger partial charge in [-0.3, -0.25) is 4.79 Å². The number of carbonyl (C=O) groups is 1. The van der Waals surface area contributed by atoms with Crippen molar-refractivity contribution in [2.24, 2.45) is 0 Å². The lowest BCUT2D eigenvalue weighted by Gasteiger charge is -2.15. The van der Waals surface area contributed by atoms with Crippen LogP contribution in [0.5, 0.6) is 0 Å². The second kappa shape index (κ2) is 4.85. The minimum atomic E-state index is -0.819. The Balaban J connectivity index is 2.02. The van der Waals surface area contributed by atoms with Crippen LogP contribution in [-0.4, -0.2) is 28.3 Å². The molecule has 0 aliphatic heterocycles. The SMILES string of the molecule is O=C(O)Cc1ccccc1CNC1(CO)CC1. The fourth-order valence-corrected chi connectivity index (χ4v) is 1.89. The Morgan fingerprint density at radius 1 is 1.29 bits per heavy atom. The molecule has 0 spiro atoms. The van der Waals surface area contributed by atoms with E-state index in [4.69, 9.17) is 5.11 Å². The van der Waals surface area contributed by atoms with Crippen molar-refractivity contribution >= 4 is 5.97 Å². The van der Waals surface area contributed by atoms with E-state index in [9.17, 15) is 9.90 Å². The van der Waals surface area contributed by atoms with Crippen molar-refractivity contribution in [3.8, 4) is 0 Å². The van der Waals surface area contributed by atoms with Crippen LogP contribution in [0.15, 0.2) is 24.3 Å². The molecule has 1 aromatic rings. The van der Waals surface area contributed by atoms with E-state index in [1.54, 1.807) is 0 Å². The lowest BCUT2D eigenvalue weighted by Crippen LogP contribution is -2.34. The van der Waals surface area contributed by atoms with Crippen LogP contribution >= 0.6 is 0 Å². The van der Waals surface area contributed by atoms with E-state index >= 15 is 0 Å². The Kier molecular flexibility index (Phi) is 3.45. The molecule has 0 heterocycles. The Labute approximate surface area is 100 Å². The largest absolute Gasteiger partial charge is 0.481 e. The molecule has 0 aromatic heterocycles. The summed E-state index contributed by atoms with van der Waals surface area (Å²) in [5, 5.41) is 21.3. The van der Waals surface area contributed by atoms with Gasteiger partial charge in [-0.05, 0) is 24.0 Å². The van der Waals surface area contributed by atoms with Gasteiger partial charge in [0.1, 0.15) is 0 Å². The number of aliphatic hydroxyl groups excluding tert-OH is 1. The molecule has 4 nitrogen and oxygen atoms in total. The minimum absolute atomic E-state index is 0.0456. The highest BCUT2D eigenvalue weighted by atomic mass is 16.4. The monoisotopic (exact) mass is 235 g/mol. The summed E-state index contributed by atoms with van der Waals surface area (Å²) in [4.78, 5) is 10.7. The maximum atomic E-state index is 10.7. The van der Waals surface area contributed by atoms with Crippen molar-refractivity contribution in [3.05, 3.63) is 35.4 Å². The molecule has 0 bridgehead atoms. The molecule has 0 amide bonds. The first-order valence-corrected chi connectivity index (χ1v) is 5.80. The average Bonchev–Trinajstić information content (AvgIpc) is 3.08. The summed E-state index contributed by atoms with van der Waals surface area (Å²) in [7, 11) is 0. The summed E-state index contributed by atoms with van der Waals surface area (Å²) < 4.78 is 0. The van der Waals surface area contributed by atoms with Gasteiger partial charge in [0.2, 0.25) is 0 Å². The van der Waals surface area contributed by atoms with Gasteiger partial charge in [-0.15, -0.1) is 0 Å². The third-order valence-electron chi connectivity index (χ3n) is 3.27. The molecule has 92 valence electrons. The fraction of sp³-hybridized carbons (Fsp3) is 0.462. The maximum Gasteiger partial charge on any atom is 0.307 e. The highest BCUT2D eigenvalue weighted by molar-refractivity contribution is 5.70. The number of rotatable bonds is 6. The predicted octanol–water partition coefficient (Wildman–Crippen LogP) is 0.928. The van der Waals surface area contributed by atoms with E-state index in [2.05, 4.69) is 5.32 Å². The lowest BCUT2D eigenvalue weighted by molar-refractivity contribution is -0.136. The predicted molar refractivity (Wildman–Crippen MR) is 63.7 cm³/mol. The molecule has 0 saturated heterocycles. The second-order valence-electron chi connectivity index (χ2n) is 4.63. The van der Waals surface area contributed by atoms with Crippen molar-refractivity contribution in [2.75, 3.05) is 6.61 Å². The van der Waals surface area contributed by atoms with E-state index < -0.39 is 5.97 Å². The van der Waals surface area contributed by atoms with Crippen molar-refractivity contribution in [2.45, 2.75) is 31.3 Å². The van der Waals surface area contributed by atoms with Crippen LogP contribution in [0.1, 0.15) is 24.0 Å². The third kappa shape index (κ3) is 3.05. The van der Waals surface area contributed by atoms with Gasteiger partial charge in [-0.1, -0.05) is 24.3 Å². The van der Waals surface area contributed by atoms with Crippen molar-refractivity contribution in [3.63, 3.8) is 0 Å². The van der Waals surface area contributed by atoms with Gasteiger partial charge in [0, 0.05) is 12.1 Å². The van der Waals surface area contributed by atoms with Crippen molar-refractivity contribution < 1.29 is 15.0 Å². The summed E-state index contributed by atoms with van der Waals surface area (Å²) >= 11 is 0. The topological polar surface area (TPSA) is 69.6 Å². The van der Waals surface area contributed by atoms with Crippen LogP contribution in [-0.2, 0) is 17.8 Å². The van der Waals surface area contributed by atoms with Gasteiger partial charge in [0.25, 0.3) is 0 Å². The highest BCUT2D eigenvalue weighted by Gasteiger charge is 2.41. The van der Waals surface area contributed by atoms with Crippen LogP contribution < -0.4 is 5.32 Å². The van der Waals surface area contributed by atoms with Crippen LogP contribution in [0.3, 0.4) is 0 Å². The molecular formula is C13H17NO3. The number of carboxylic acid groups (broad SMARTS) is 1. The lowest BCUT2D eigenvalue weighted by atomic mass is 10.0. The number of carboxylic acids is 1. The molecule has 3 N–H and O–H groups in total. The average molecular weight is 235 g/mol. The van der Waals surface area contributed by atoms with Gasteiger partial charge in [0.05, 0.1) is 13.0 Å². The molecule has 0 radical (unpaired) electrons. The third-order valence-corrected chi connectivity index (χ3v) is 3.27. The Bertz CT molecular complexity index is 413. The van der Waals surface area contributed by atoms with Gasteiger partial charge in [-0.2, -0.15) is 0 Å². The summed E-state index contributed by atoms with van der Waals surface area (Å²) in [5.41, 5.74) is 1.71. The molecule has 1 aliphatic carbocycles. The normalized spacial score (nSPS) is 16.8. The van der Waals surface area contributed by atoms with Crippen LogP contribution in [0.4, 0.5) is 0 Å². The van der Waals surface area contributed by atoms with E-state index in [1.165, 1.54) is 0 Å². The molecule has 0 unspecified atom stereocenters. The Hall–Kier alpha value is -1.39. The highest BCUT2D eigenvalue weighted by Crippen LogP contribution is 2.34. The number of hydrogen-bond acceptors (Lipinski definition) is 3. The molecule has 1 saturated carbocycles. The Morgan fingerprint density at radius 2 is 1.94 bits per heavy atom. The second-order valence-corrected chi connectivity index (χ2v) is 4.63. The first-order valence-electron chi connectivity index (χ1n) is 5.80. The summed E-state index contributed by atoms with van der Waals surface area (Å²) in [6.45, 7) is 0.762. The number of aliphatic carboxylic acids is 1. The summed E-state index contributed by atoms with van der Waals surface area (Å²) in [5.74, 6) is -0.819. The van der Waals surface area contributed by atoms with E-state index in [0.717, 1.165) is 24.0 Å². The quantitative estimate of drug-likeness (QED) is 0.686. The number of nitrogens with one attached hydrogen (secondary N) is 1. The standard InChI is InChI=1S/C13H17NO3/c15-9-13(5-6-13)14-8-11-4-2-1-3-10(11)7-12(16)17/h1-4,14-15H,5-9H2,(H,16,17). The van der Waals surface area contributed by atoms with Crippen LogP contribution in [0.25, 0.3) is 0 Å².